The number of amides is 1. The van der Waals surface area contributed by atoms with E-state index >= 15 is 0 Å². The number of carbonyl (C=O) groups excluding carboxylic acids is 1. The fourth-order valence-corrected chi connectivity index (χ4v) is 2.15. The standard InChI is InChI=1S/C17H24N6O2/c1-3-25-10-12(18)8-20-17-21-9-14(15(19)24)16(23-17)22-13-6-4-5-11(2)7-13/h4-7,9,12H,3,8,10,18H2,1-2H3,(H2,19,24)(H2,20,21,22,23)/t12-/m1/s1. The Kier molecular flexibility index (Phi) is 6.67. The van der Waals surface area contributed by atoms with Crippen LogP contribution in [0.1, 0.15) is 22.8 Å². The van der Waals surface area contributed by atoms with Crippen molar-refractivity contribution in [3.63, 3.8) is 0 Å². The van der Waals surface area contributed by atoms with Crippen molar-refractivity contribution >= 4 is 23.4 Å². The van der Waals surface area contributed by atoms with E-state index in [-0.39, 0.29) is 11.6 Å². The second kappa shape index (κ2) is 8.95. The maximum atomic E-state index is 11.6. The lowest BCUT2D eigenvalue weighted by molar-refractivity contribution is 0.100. The Morgan fingerprint density at radius 3 is 2.88 bits per heavy atom. The largest absolute Gasteiger partial charge is 0.380 e. The van der Waals surface area contributed by atoms with E-state index in [1.54, 1.807) is 0 Å². The molecule has 0 fully saturated rings. The predicted molar refractivity (Wildman–Crippen MR) is 98.0 cm³/mol. The van der Waals surface area contributed by atoms with E-state index in [0.717, 1.165) is 11.3 Å². The first kappa shape index (κ1) is 18.6. The molecule has 0 saturated heterocycles. The van der Waals surface area contributed by atoms with Gasteiger partial charge in [0.25, 0.3) is 5.91 Å². The van der Waals surface area contributed by atoms with Crippen molar-refractivity contribution < 1.29 is 9.53 Å². The van der Waals surface area contributed by atoms with E-state index in [1.165, 1.54) is 6.20 Å². The van der Waals surface area contributed by atoms with Gasteiger partial charge in [-0.3, -0.25) is 4.79 Å². The van der Waals surface area contributed by atoms with Gasteiger partial charge in [0.15, 0.2) is 0 Å². The van der Waals surface area contributed by atoms with Crippen molar-refractivity contribution in [1.82, 2.24) is 9.97 Å². The van der Waals surface area contributed by atoms with Crippen LogP contribution in [-0.2, 0) is 4.74 Å². The van der Waals surface area contributed by atoms with E-state index in [0.29, 0.717) is 31.5 Å². The average molecular weight is 344 g/mol. The SMILES string of the molecule is CCOC[C@H](N)CNc1ncc(C(N)=O)c(Nc2cccc(C)c2)n1. The number of hydrogen-bond acceptors (Lipinski definition) is 7. The number of anilines is 3. The maximum absolute atomic E-state index is 11.6. The van der Waals surface area contributed by atoms with Gasteiger partial charge in [0.1, 0.15) is 11.4 Å². The van der Waals surface area contributed by atoms with Gasteiger partial charge in [0.2, 0.25) is 5.95 Å². The molecule has 0 aliphatic rings. The molecule has 1 amide bonds. The highest BCUT2D eigenvalue weighted by Crippen LogP contribution is 2.20. The van der Waals surface area contributed by atoms with E-state index in [4.69, 9.17) is 16.2 Å². The molecule has 0 aliphatic heterocycles. The number of nitrogens with two attached hydrogens (primary N) is 2. The van der Waals surface area contributed by atoms with Crippen LogP contribution in [0.25, 0.3) is 0 Å². The van der Waals surface area contributed by atoms with Gasteiger partial charge in [-0.2, -0.15) is 4.98 Å². The summed E-state index contributed by atoms with van der Waals surface area (Å²) in [4.78, 5) is 20.1. The van der Waals surface area contributed by atoms with Gasteiger partial charge in [-0.25, -0.2) is 4.98 Å². The summed E-state index contributed by atoms with van der Waals surface area (Å²) in [6, 6.07) is 7.53. The minimum Gasteiger partial charge on any atom is -0.380 e. The number of hydrogen-bond donors (Lipinski definition) is 4. The van der Waals surface area contributed by atoms with Crippen LogP contribution >= 0.6 is 0 Å². The molecular formula is C17H24N6O2. The molecule has 1 aromatic heterocycles. The minimum absolute atomic E-state index is 0.187. The van der Waals surface area contributed by atoms with Gasteiger partial charge in [-0.05, 0) is 31.5 Å². The van der Waals surface area contributed by atoms with Crippen LogP contribution < -0.4 is 22.1 Å². The lowest BCUT2D eigenvalue weighted by atomic mass is 10.2. The number of nitrogens with one attached hydrogen (secondary N) is 2. The van der Waals surface area contributed by atoms with Gasteiger partial charge >= 0.3 is 0 Å². The van der Waals surface area contributed by atoms with Gasteiger partial charge in [-0.15, -0.1) is 0 Å². The first-order chi connectivity index (χ1) is 12.0. The Morgan fingerprint density at radius 2 is 2.20 bits per heavy atom. The van der Waals surface area contributed by atoms with Crippen LogP contribution in [0.4, 0.5) is 17.5 Å². The summed E-state index contributed by atoms with van der Waals surface area (Å²) >= 11 is 0. The number of nitrogens with zero attached hydrogens (tertiary/aromatic N) is 2. The van der Waals surface area contributed by atoms with Crippen molar-refractivity contribution in [1.29, 1.82) is 0 Å². The highest BCUT2D eigenvalue weighted by atomic mass is 16.5. The molecule has 1 atom stereocenters. The summed E-state index contributed by atoms with van der Waals surface area (Å²) in [5, 5.41) is 6.15. The third kappa shape index (κ3) is 5.70. The first-order valence-corrected chi connectivity index (χ1v) is 8.07. The van der Waals surface area contributed by atoms with E-state index in [1.807, 2.05) is 38.1 Å². The average Bonchev–Trinajstić information content (AvgIpc) is 2.58. The lowest BCUT2D eigenvalue weighted by Gasteiger charge is -2.14. The van der Waals surface area contributed by atoms with Crippen LogP contribution in [0.5, 0.6) is 0 Å². The van der Waals surface area contributed by atoms with Crippen LogP contribution in [0.3, 0.4) is 0 Å². The molecule has 25 heavy (non-hydrogen) atoms. The van der Waals surface area contributed by atoms with Crippen molar-refractivity contribution in [3.05, 3.63) is 41.6 Å². The number of primary amides is 1. The molecule has 2 rings (SSSR count). The Balaban J connectivity index is 2.14. The van der Waals surface area contributed by atoms with E-state index in [2.05, 4.69) is 20.6 Å². The molecule has 0 bridgehead atoms. The normalized spacial score (nSPS) is 11.8. The zero-order valence-electron chi connectivity index (χ0n) is 14.5. The van der Waals surface area contributed by atoms with Crippen molar-refractivity contribution in [3.8, 4) is 0 Å². The summed E-state index contributed by atoms with van der Waals surface area (Å²) in [7, 11) is 0. The third-order valence-electron chi connectivity index (χ3n) is 3.39. The molecule has 0 radical (unpaired) electrons. The number of aryl methyl sites for hydroxylation is 1. The summed E-state index contributed by atoms with van der Waals surface area (Å²) in [6.07, 6.45) is 1.39. The first-order valence-electron chi connectivity index (χ1n) is 8.07. The Labute approximate surface area is 147 Å². The Morgan fingerprint density at radius 1 is 1.40 bits per heavy atom. The summed E-state index contributed by atoms with van der Waals surface area (Å²) in [5.41, 5.74) is 13.4. The molecule has 0 aliphatic carbocycles. The van der Waals surface area contributed by atoms with Crippen LogP contribution in [0, 0.1) is 6.92 Å². The minimum atomic E-state index is -0.602. The predicted octanol–water partition coefficient (Wildman–Crippen LogP) is 1.40. The summed E-state index contributed by atoms with van der Waals surface area (Å²) in [6.45, 7) is 5.39. The highest BCUT2D eigenvalue weighted by Gasteiger charge is 2.13. The van der Waals surface area contributed by atoms with Crippen molar-refractivity contribution in [2.45, 2.75) is 19.9 Å². The number of carbonyl (C=O) groups is 1. The quantitative estimate of drug-likeness (QED) is 0.541. The van der Waals surface area contributed by atoms with Gasteiger partial charge in [-0.1, -0.05) is 12.1 Å². The van der Waals surface area contributed by atoms with Crippen molar-refractivity contribution in [2.24, 2.45) is 11.5 Å². The second-order valence-corrected chi connectivity index (χ2v) is 5.62. The van der Waals surface area contributed by atoms with Crippen LogP contribution in [0.15, 0.2) is 30.5 Å². The second-order valence-electron chi connectivity index (χ2n) is 5.62. The fourth-order valence-electron chi connectivity index (χ4n) is 2.15. The van der Waals surface area contributed by atoms with Crippen LogP contribution in [0.2, 0.25) is 0 Å². The smallest absolute Gasteiger partial charge is 0.254 e. The Hall–Kier alpha value is -2.71. The van der Waals surface area contributed by atoms with Gasteiger partial charge < -0.3 is 26.8 Å². The lowest BCUT2D eigenvalue weighted by Crippen LogP contribution is -2.34. The maximum Gasteiger partial charge on any atom is 0.254 e. The summed E-state index contributed by atoms with van der Waals surface area (Å²) < 4.78 is 5.27. The fraction of sp³-hybridized carbons (Fsp3) is 0.353. The van der Waals surface area contributed by atoms with Gasteiger partial charge in [0, 0.05) is 31.1 Å². The molecule has 0 unspecified atom stereocenters. The number of rotatable bonds is 9. The number of benzene rings is 1. The molecule has 1 aromatic carbocycles. The molecule has 0 saturated carbocycles. The van der Waals surface area contributed by atoms with Crippen LogP contribution in [-0.4, -0.2) is 41.7 Å². The van der Waals surface area contributed by atoms with E-state index < -0.39 is 5.91 Å². The Bertz CT molecular complexity index is 722. The molecule has 1 heterocycles. The molecule has 8 heteroatoms. The molecule has 8 nitrogen and oxygen atoms in total. The molecule has 6 N–H and O–H groups in total. The number of ether oxygens (including phenoxy) is 1. The monoisotopic (exact) mass is 344 g/mol. The highest BCUT2D eigenvalue weighted by molar-refractivity contribution is 5.98. The zero-order chi connectivity index (χ0) is 18.2. The zero-order valence-corrected chi connectivity index (χ0v) is 14.5. The molecule has 0 spiro atoms. The molecule has 2 aromatic rings. The molecule has 134 valence electrons. The topological polar surface area (TPSA) is 128 Å². The van der Waals surface area contributed by atoms with E-state index in [9.17, 15) is 4.79 Å². The van der Waals surface area contributed by atoms with Crippen molar-refractivity contribution in [2.75, 3.05) is 30.4 Å². The summed E-state index contributed by atoms with van der Waals surface area (Å²) in [5.74, 6) is 0.0934. The third-order valence-corrected chi connectivity index (χ3v) is 3.39. The molecular weight excluding hydrogens is 320 g/mol. The number of aromatic nitrogens is 2. The van der Waals surface area contributed by atoms with Gasteiger partial charge in [0.05, 0.1) is 6.61 Å².